The number of amides is 2. The lowest BCUT2D eigenvalue weighted by molar-refractivity contribution is -0.138. The third kappa shape index (κ3) is 6.47. The lowest BCUT2D eigenvalue weighted by Gasteiger charge is -2.25. The van der Waals surface area contributed by atoms with Gasteiger partial charge in [-0.2, -0.15) is 0 Å². The van der Waals surface area contributed by atoms with Gasteiger partial charge in [0, 0.05) is 18.8 Å². The lowest BCUT2D eigenvalue weighted by Crippen LogP contribution is -2.44. The van der Waals surface area contributed by atoms with Gasteiger partial charge >= 0.3 is 0 Å². The molecule has 3 rings (SSSR count). The molecule has 2 aromatic carbocycles. The van der Waals surface area contributed by atoms with Crippen molar-refractivity contribution in [1.29, 1.82) is 0 Å². The van der Waals surface area contributed by atoms with Crippen LogP contribution in [0.5, 0.6) is 11.5 Å². The predicted octanol–water partition coefficient (Wildman–Crippen LogP) is 3.73. The van der Waals surface area contributed by atoms with Gasteiger partial charge in [0.15, 0.2) is 18.1 Å². The first-order valence-corrected chi connectivity index (χ1v) is 11.1. The van der Waals surface area contributed by atoms with Crippen molar-refractivity contribution in [3.63, 3.8) is 0 Å². The van der Waals surface area contributed by atoms with Gasteiger partial charge in [-0.15, -0.1) is 0 Å². The molecule has 1 aliphatic heterocycles. The largest absolute Gasteiger partial charge is 0.490 e. The Morgan fingerprint density at radius 1 is 1.09 bits per heavy atom. The van der Waals surface area contributed by atoms with Crippen molar-refractivity contribution in [3.05, 3.63) is 53.6 Å². The average molecular weight is 441 g/mol. The molecule has 0 spiro atoms. The normalized spacial score (nSPS) is 15.3. The van der Waals surface area contributed by atoms with E-state index in [0.29, 0.717) is 31.3 Å². The van der Waals surface area contributed by atoms with Crippen LogP contribution in [0.3, 0.4) is 0 Å². The van der Waals surface area contributed by atoms with Gasteiger partial charge in [-0.25, -0.2) is 0 Å². The number of rotatable bonds is 10. The third-order valence-electron chi connectivity index (χ3n) is 5.51. The van der Waals surface area contributed by atoms with Crippen LogP contribution in [0.4, 0.5) is 5.69 Å². The van der Waals surface area contributed by atoms with Crippen LogP contribution in [-0.2, 0) is 14.3 Å². The quantitative estimate of drug-likeness (QED) is 0.609. The molecular weight excluding hydrogens is 408 g/mol. The summed E-state index contributed by atoms with van der Waals surface area (Å²) in [4.78, 5) is 27.3. The molecule has 1 atom stereocenters. The van der Waals surface area contributed by atoms with Gasteiger partial charge in [-0.05, 0) is 62.9 Å². The van der Waals surface area contributed by atoms with Gasteiger partial charge in [0.05, 0.1) is 12.7 Å². The molecule has 172 valence electrons. The topological polar surface area (TPSA) is 77.1 Å². The molecule has 1 aliphatic rings. The van der Waals surface area contributed by atoms with Crippen molar-refractivity contribution in [3.8, 4) is 11.5 Å². The van der Waals surface area contributed by atoms with Gasteiger partial charge in [0.2, 0.25) is 5.91 Å². The van der Waals surface area contributed by atoms with Crippen LogP contribution in [0.15, 0.2) is 42.5 Å². The zero-order chi connectivity index (χ0) is 22.9. The average Bonchev–Trinajstić information content (AvgIpc) is 3.29. The maximum Gasteiger partial charge on any atom is 0.261 e. The standard InChI is InChI=1S/C25H32N2O5/c1-4-30-22-12-5-6-13-23(22)32-17-25(29)27(15-20-10-8-14-31-20)16-24(28)26-21-11-7-9-18(2)19(21)3/h5-7,9,11-13,20H,4,8,10,14-17H2,1-3H3,(H,26,28)/t20-/m1/s1. The highest BCUT2D eigenvalue weighted by Gasteiger charge is 2.25. The molecule has 0 radical (unpaired) electrons. The molecule has 1 N–H and O–H groups in total. The van der Waals surface area contributed by atoms with Crippen LogP contribution in [-0.4, -0.2) is 55.7 Å². The maximum atomic E-state index is 13.0. The van der Waals surface area contributed by atoms with E-state index in [1.54, 1.807) is 12.1 Å². The smallest absolute Gasteiger partial charge is 0.261 e. The van der Waals surface area contributed by atoms with E-state index >= 15 is 0 Å². The highest BCUT2D eigenvalue weighted by atomic mass is 16.5. The zero-order valence-electron chi connectivity index (χ0n) is 19.1. The molecule has 2 aromatic rings. The number of aryl methyl sites for hydroxylation is 1. The van der Waals surface area contributed by atoms with Gasteiger partial charge in [0.1, 0.15) is 6.54 Å². The summed E-state index contributed by atoms with van der Waals surface area (Å²) in [6.07, 6.45) is 1.76. The summed E-state index contributed by atoms with van der Waals surface area (Å²) in [5, 5.41) is 2.93. The first-order chi connectivity index (χ1) is 15.5. The molecule has 0 unspecified atom stereocenters. The molecule has 7 heteroatoms. The summed E-state index contributed by atoms with van der Waals surface area (Å²) in [5.74, 6) is 0.559. The molecule has 1 heterocycles. The minimum Gasteiger partial charge on any atom is -0.490 e. The zero-order valence-corrected chi connectivity index (χ0v) is 19.1. The van der Waals surface area contributed by atoms with Crippen LogP contribution < -0.4 is 14.8 Å². The maximum absolute atomic E-state index is 13.0. The minimum absolute atomic E-state index is 0.0665. The van der Waals surface area contributed by atoms with E-state index in [2.05, 4.69) is 5.32 Å². The monoisotopic (exact) mass is 440 g/mol. The number of hydrogen-bond acceptors (Lipinski definition) is 5. The predicted molar refractivity (Wildman–Crippen MR) is 123 cm³/mol. The Balaban J connectivity index is 1.65. The third-order valence-corrected chi connectivity index (χ3v) is 5.51. The summed E-state index contributed by atoms with van der Waals surface area (Å²) in [5.41, 5.74) is 2.85. The molecule has 0 aromatic heterocycles. The van der Waals surface area contributed by atoms with E-state index in [1.807, 2.05) is 51.1 Å². The number of nitrogens with one attached hydrogen (secondary N) is 1. The summed E-state index contributed by atoms with van der Waals surface area (Å²) in [6.45, 7) is 7.13. The number of ether oxygens (including phenoxy) is 3. The van der Waals surface area contributed by atoms with Crippen molar-refractivity contribution in [2.45, 2.75) is 39.7 Å². The van der Waals surface area contributed by atoms with Crippen molar-refractivity contribution >= 4 is 17.5 Å². The second-order valence-corrected chi connectivity index (χ2v) is 7.87. The first-order valence-electron chi connectivity index (χ1n) is 11.1. The fraction of sp³-hybridized carbons (Fsp3) is 0.440. The molecule has 1 saturated heterocycles. The van der Waals surface area contributed by atoms with Gasteiger partial charge in [-0.3, -0.25) is 9.59 Å². The van der Waals surface area contributed by atoms with Crippen LogP contribution in [0.25, 0.3) is 0 Å². The van der Waals surface area contributed by atoms with Gasteiger partial charge in [0.25, 0.3) is 5.91 Å². The molecule has 0 saturated carbocycles. The number of carbonyl (C=O) groups excluding carboxylic acids is 2. The molecule has 0 aliphatic carbocycles. The molecular formula is C25H32N2O5. The number of anilines is 1. The Morgan fingerprint density at radius 3 is 2.53 bits per heavy atom. The number of carbonyl (C=O) groups is 2. The fourth-order valence-corrected chi connectivity index (χ4v) is 3.61. The van der Waals surface area contributed by atoms with E-state index in [0.717, 1.165) is 29.7 Å². The van der Waals surface area contributed by atoms with Crippen molar-refractivity contribution in [1.82, 2.24) is 4.90 Å². The lowest BCUT2D eigenvalue weighted by atomic mass is 10.1. The number of hydrogen-bond donors (Lipinski definition) is 1. The highest BCUT2D eigenvalue weighted by molar-refractivity contribution is 5.95. The summed E-state index contributed by atoms with van der Waals surface area (Å²) < 4.78 is 17.0. The van der Waals surface area contributed by atoms with Crippen LogP contribution in [0.1, 0.15) is 30.9 Å². The van der Waals surface area contributed by atoms with E-state index in [1.165, 1.54) is 4.90 Å². The molecule has 0 bridgehead atoms. The van der Waals surface area contributed by atoms with E-state index in [9.17, 15) is 9.59 Å². The minimum atomic E-state index is -0.275. The number of nitrogens with zero attached hydrogens (tertiary/aromatic N) is 1. The van der Waals surface area contributed by atoms with Gasteiger partial charge < -0.3 is 24.4 Å². The molecule has 7 nitrogen and oxygen atoms in total. The van der Waals surface area contributed by atoms with E-state index < -0.39 is 0 Å². The highest BCUT2D eigenvalue weighted by Crippen LogP contribution is 2.26. The summed E-state index contributed by atoms with van der Waals surface area (Å²) >= 11 is 0. The van der Waals surface area contributed by atoms with Crippen LogP contribution in [0.2, 0.25) is 0 Å². The number of para-hydroxylation sites is 2. The Morgan fingerprint density at radius 2 is 1.84 bits per heavy atom. The summed E-state index contributed by atoms with van der Waals surface area (Å²) in [7, 11) is 0. The fourth-order valence-electron chi connectivity index (χ4n) is 3.61. The molecule has 32 heavy (non-hydrogen) atoms. The number of benzene rings is 2. The van der Waals surface area contributed by atoms with Crippen LogP contribution in [0, 0.1) is 13.8 Å². The van der Waals surface area contributed by atoms with Crippen molar-refractivity contribution in [2.24, 2.45) is 0 Å². The molecule has 1 fully saturated rings. The van der Waals surface area contributed by atoms with E-state index in [-0.39, 0.29) is 31.1 Å². The Labute approximate surface area is 189 Å². The second kappa shape index (κ2) is 11.5. The van der Waals surface area contributed by atoms with Crippen molar-refractivity contribution < 1.29 is 23.8 Å². The summed E-state index contributed by atoms with van der Waals surface area (Å²) in [6, 6.07) is 13.0. The first kappa shape index (κ1) is 23.6. The van der Waals surface area contributed by atoms with E-state index in [4.69, 9.17) is 14.2 Å². The Kier molecular flexibility index (Phi) is 8.50. The molecule has 2 amide bonds. The van der Waals surface area contributed by atoms with Crippen molar-refractivity contribution in [2.75, 3.05) is 38.2 Å². The second-order valence-electron chi connectivity index (χ2n) is 7.87. The van der Waals surface area contributed by atoms with Crippen LogP contribution >= 0.6 is 0 Å². The SMILES string of the molecule is CCOc1ccccc1OCC(=O)N(CC(=O)Nc1cccc(C)c1C)C[C@H]1CCCO1. The Bertz CT molecular complexity index is 924. The van der Waals surface area contributed by atoms with Gasteiger partial charge in [-0.1, -0.05) is 24.3 Å². The Hall–Kier alpha value is -3.06.